The summed E-state index contributed by atoms with van der Waals surface area (Å²) >= 11 is 5.60. The van der Waals surface area contributed by atoms with E-state index in [2.05, 4.69) is 16.8 Å². The van der Waals surface area contributed by atoms with Crippen LogP contribution in [-0.2, 0) is 6.61 Å². The van der Waals surface area contributed by atoms with E-state index in [1.165, 1.54) is 0 Å². The van der Waals surface area contributed by atoms with Crippen molar-refractivity contribution in [3.63, 3.8) is 0 Å². The molecule has 2 rings (SSSR count). The van der Waals surface area contributed by atoms with Crippen LogP contribution in [0.15, 0.2) is 42.5 Å². The third kappa shape index (κ3) is 5.02. The van der Waals surface area contributed by atoms with E-state index in [1.807, 2.05) is 36.4 Å². The summed E-state index contributed by atoms with van der Waals surface area (Å²) in [6.45, 7) is 0.385. The highest BCUT2D eigenvalue weighted by Crippen LogP contribution is 2.15. The lowest BCUT2D eigenvalue weighted by Gasteiger charge is -2.07. The van der Waals surface area contributed by atoms with Gasteiger partial charge in [-0.3, -0.25) is 0 Å². The number of ether oxygens (including phenoxy) is 2. The van der Waals surface area contributed by atoms with Crippen molar-refractivity contribution in [2.75, 3.05) is 13.0 Å². The molecule has 0 aliphatic heterocycles. The predicted molar refractivity (Wildman–Crippen MR) is 83.8 cm³/mol. The topological polar surface area (TPSA) is 31.4 Å². The zero-order valence-corrected chi connectivity index (χ0v) is 12.6. The largest absolute Gasteiger partial charge is 0.487 e. The zero-order chi connectivity index (χ0) is 14.9. The Bertz CT molecular complexity index is 646. The van der Waals surface area contributed by atoms with Crippen molar-refractivity contribution in [2.45, 2.75) is 13.0 Å². The number of nitrogens with zero attached hydrogens (tertiary/aromatic N) is 1. The van der Waals surface area contributed by atoms with Crippen molar-refractivity contribution in [1.29, 1.82) is 0 Å². The molecule has 0 amide bonds. The molecule has 108 valence electrons. The predicted octanol–water partition coefficient (Wildman–Crippen LogP) is 3.65. The van der Waals surface area contributed by atoms with Gasteiger partial charge in [0.15, 0.2) is 0 Å². The van der Waals surface area contributed by atoms with Crippen molar-refractivity contribution in [3.8, 4) is 23.5 Å². The van der Waals surface area contributed by atoms with Gasteiger partial charge in [0.2, 0.25) is 5.88 Å². The fourth-order valence-corrected chi connectivity index (χ4v) is 1.78. The first-order chi connectivity index (χ1) is 10.3. The van der Waals surface area contributed by atoms with Crippen LogP contribution in [0.25, 0.3) is 0 Å². The van der Waals surface area contributed by atoms with Gasteiger partial charge in [0, 0.05) is 23.9 Å². The molecule has 2 aromatic rings. The van der Waals surface area contributed by atoms with Crippen LogP contribution in [0.5, 0.6) is 11.6 Å². The number of hydrogen-bond donors (Lipinski definition) is 0. The molecule has 0 saturated heterocycles. The minimum absolute atomic E-state index is 0.385. The second kappa shape index (κ2) is 8.18. The van der Waals surface area contributed by atoms with E-state index < -0.39 is 0 Å². The Morgan fingerprint density at radius 3 is 2.86 bits per heavy atom. The van der Waals surface area contributed by atoms with Gasteiger partial charge in [-0.2, -0.15) is 0 Å². The molecule has 3 nitrogen and oxygen atoms in total. The second-order valence-electron chi connectivity index (χ2n) is 4.23. The molecule has 0 aliphatic rings. The van der Waals surface area contributed by atoms with Crippen LogP contribution in [0.2, 0.25) is 0 Å². The summed E-state index contributed by atoms with van der Waals surface area (Å²) in [5, 5.41) is 0. The molecule has 0 bridgehead atoms. The van der Waals surface area contributed by atoms with Gasteiger partial charge in [0.25, 0.3) is 0 Å². The first kappa shape index (κ1) is 15.2. The molecular formula is C17H16ClNO2. The lowest BCUT2D eigenvalue weighted by atomic mass is 10.2. The Hall–Kier alpha value is -2.18. The number of methoxy groups -OCH3 is 1. The van der Waals surface area contributed by atoms with Gasteiger partial charge < -0.3 is 9.47 Å². The molecule has 4 heteroatoms. The molecule has 0 aliphatic carbocycles. The molecule has 1 aromatic carbocycles. The Morgan fingerprint density at radius 2 is 2.05 bits per heavy atom. The smallest absolute Gasteiger partial charge is 0.213 e. The molecule has 0 N–H and O–H groups in total. The minimum atomic E-state index is 0.385. The van der Waals surface area contributed by atoms with Crippen molar-refractivity contribution in [1.82, 2.24) is 4.98 Å². The zero-order valence-electron chi connectivity index (χ0n) is 11.8. The van der Waals surface area contributed by atoms with E-state index in [0.29, 0.717) is 24.8 Å². The number of halogens is 1. The molecule has 0 spiro atoms. The molecule has 0 fully saturated rings. The highest BCUT2D eigenvalue weighted by atomic mass is 35.5. The highest BCUT2D eigenvalue weighted by molar-refractivity contribution is 6.18. The first-order valence-corrected chi connectivity index (χ1v) is 7.13. The maximum atomic E-state index is 5.73. The van der Waals surface area contributed by atoms with E-state index in [1.54, 1.807) is 13.2 Å². The summed E-state index contributed by atoms with van der Waals surface area (Å²) in [5.74, 6) is 7.94. The Labute approximate surface area is 129 Å². The van der Waals surface area contributed by atoms with Gasteiger partial charge in [0.05, 0.1) is 12.8 Å². The fourth-order valence-electron chi connectivity index (χ4n) is 1.68. The molecule has 0 unspecified atom stereocenters. The monoisotopic (exact) mass is 301 g/mol. The summed E-state index contributed by atoms with van der Waals surface area (Å²) in [5.41, 5.74) is 1.73. The van der Waals surface area contributed by atoms with Crippen LogP contribution in [0.3, 0.4) is 0 Å². The van der Waals surface area contributed by atoms with Gasteiger partial charge in [0.1, 0.15) is 12.4 Å². The third-order valence-electron chi connectivity index (χ3n) is 2.66. The van der Waals surface area contributed by atoms with Gasteiger partial charge in [-0.25, -0.2) is 4.98 Å². The molecule has 0 saturated carbocycles. The third-order valence-corrected chi connectivity index (χ3v) is 2.85. The number of benzene rings is 1. The fraction of sp³-hybridized carbons (Fsp3) is 0.235. The number of alkyl halides is 1. The SMILES string of the molecule is COc1cccc(COc2cccc(C#CCCCl)c2)n1. The van der Waals surface area contributed by atoms with Gasteiger partial charge in [-0.05, 0) is 24.3 Å². The van der Waals surface area contributed by atoms with E-state index in [9.17, 15) is 0 Å². The molecule has 0 radical (unpaired) electrons. The standard InChI is InChI=1S/C17H16ClNO2/c1-20-17-10-5-8-15(19-17)13-21-16-9-4-7-14(12-16)6-2-3-11-18/h4-5,7-10,12H,3,11,13H2,1H3. The summed E-state index contributed by atoms with van der Waals surface area (Å²) in [6.07, 6.45) is 0.681. The van der Waals surface area contributed by atoms with Crippen molar-refractivity contribution < 1.29 is 9.47 Å². The van der Waals surface area contributed by atoms with Gasteiger partial charge in [-0.15, -0.1) is 11.6 Å². The van der Waals surface area contributed by atoms with Crippen molar-refractivity contribution in [2.24, 2.45) is 0 Å². The number of hydrogen-bond acceptors (Lipinski definition) is 3. The highest BCUT2D eigenvalue weighted by Gasteiger charge is 2.00. The maximum Gasteiger partial charge on any atom is 0.213 e. The molecule has 1 heterocycles. The quantitative estimate of drug-likeness (QED) is 0.624. The molecule has 21 heavy (non-hydrogen) atoms. The van der Waals surface area contributed by atoms with E-state index in [-0.39, 0.29) is 0 Å². The lowest BCUT2D eigenvalue weighted by Crippen LogP contribution is -1.99. The van der Waals surface area contributed by atoms with E-state index >= 15 is 0 Å². The number of rotatable bonds is 5. The van der Waals surface area contributed by atoms with Crippen LogP contribution in [-0.4, -0.2) is 18.0 Å². The molecule has 0 atom stereocenters. The van der Waals surface area contributed by atoms with Crippen LogP contribution in [0.4, 0.5) is 0 Å². The van der Waals surface area contributed by atoms with Gasteiger partial charge in [-0.1, -0.05) is 24.0 Å². The Balaban J connectivity index is 2.00. The Morgan fingerprint density at radius 1 is 1.19 bits per heavy atom. The summed E-state index contributed by atoms with van der Waals surface area (Å²) < 4.78 is 10.8. The van der Waals surface area contributed by atoms with Gasteiger partial charge >= 0.3 is 0 Å². The average molecular weight is 302 g/mol. The van der Waals surface area contributed by atoms with Crippen molar-refractivity contribution >= 4 is 11.6 Å². The number of pyridine rings is 1. The van der Waals surface area contributed by atoms with Crippen LogP contribution in [0, 0.1) is 11.8 Å². The maximum absolute atomic E-state index is 5.73. The van der Waals surface area contributed by atoms with E-state index in [4.69, 9.17) is 21.1 Å². The Kier molecular flexibility index (Phi) is 5.93. The molecular weight excluding hydrogens is 286 g/mol. The number of aromatic nitrogens is 1. The summed E-state index contributed by atoms with van der Waals surface area (Å²) in [4.78, 5) is 4.30. The summed E-state index contributed by atoms with van der Waals surface area (Å²) in [6, 6.07) is 13.2. The van der Waals surface area contributed by atoms with Crippen LogP contribution >= 0.6 is 11.6 Å². The lowest BCUT2D eigenvalue weighted by molar-refractivity contribution is 0.298. The van der Waals surface area contributed by atoms with Crippen LogP contribution in [0.1, 0.15) is 17.7 Å². The van der Waals surface area contributed by atoms with E-state index in [0.717, 1.165) is 17.0 Å². The van der Waals surface area contributed by atoms with Crippen LogP contribution < -0.4 is 9.47 Å². The molecule has 1 aromatic heterocycles. The average Bonchev–Trinajstić information content (AvgIpc) is 2.54. The minimum Gasteiger partial charge on any atom is -0.487 e. The summed E-state index contributed by atoms with van der Waals surface area (Å²) in [7, 11) is 1.59. The normalized spacial score (nSPS) is 9.62. The van der Waals surface area contributed by atoms with Crippen molar-refractivity contribution in [3.05, 3.63) is 53.7 Å². The second-order valence-corrected chi connectivity index (χ2v) is 4.61. The first-order valence-electron chi connectivity index (χ1n) is 6.59.